The fourth-order valence-corrected chi connectivity index (χ4v) is 3.63. The number of carbonyl (C=O) groups excluding carboxylic acids is 3. The average Bonchev–Trinajstić information content (AvgIpc) is 2.99. The smallest absolute Gasteiger partial charge is 0.324 e. The molecule has 3 N–H and O–H groups in total. The third-order valence-electron chi connectivity index (χ3n) is 4.04. The van der Waals surface area contributed by atoms with Crippen molar-refractivity contribution in [2.75, 3.05) is 23.1 Å². The van der Waals surface area contributed by atoms with Gasteiger partial charge in [0.25, 0.3) is 10.0 Å². The third kappa shape index (κ3) is 5.08. The van der Waals surface area contributed by atoms with Gasteiger partial charge in [0.15, 0.2) is 0 Å². The largest absolute Gasteiger partial charge is 0.329 e. The van der Waals surface area contributed by atoms with Gasteiger partial charge in [0.05, 0.1) is 11.4 Å². The summed E-state index contributed by atoms with van der Waals surface area (Å²) in [5.41, 5.74) is 0.670. The first-order valence-electron chi connectivity index (χ1n) is 8.51. The molecule has 0 radical (unpaired) electrons. The monoisotopic (exact) mass is 420 g/mol. The number of halogens is 1. The maximum absolute atomic E-state index is 12.9. The zero-order chi connectivity index (χ0) is 21.0. The highest BCUT2D eigenvalue weighted by Gasteiger charge is 2.28. The van der Waals surface area contributed by atoms with Crippen molar-refractivity contribution in [3.63, 3.8) is 0 Å². The van der Waals surface area contributed by atoms with Crippen molar-refractivity contribution in [3.8, 4) is 0 Å². The van der Waals surface area contributed by atoms with E-state index in [0.29, 0.717) is 5.69 Å². The van der Waals surface area contributed by atoms with Crippen molar-refractivity contribution in [1.29, 1.82) is 0 Å². The van der Waals surface area contributed by atoms with Crippen LogP contribution in [0, 0.1) is 5.82 Å². The van der Waals surface area contributed by atoms with Crippen LogP contribution in [0.4, 0.5) is 20.6 Å². The lowest BCUT2D eigenvalue weighted by molar-refractivity contribution is -0.125. The standard InChI is InChI=1S/C18H17FN4O5S/c19-12-1-7-15(8-2-12)29(27,28)22-14-5-3-13(4-6-14)21-16(24)9-10-23-17(25)11-20-18(23)26/h1-8,22H,9-11H2,(H,20,26)(H,21,24). The average molecular weight is 420 g/mol. The van der Waals surface area contributed by atoms with Crippen molar-refractivity contribution in [1.82, 2.24) is 10.2 Å². The number of hydrogen-bond donors (Lipinski definition) is 3. The summed E-state index contributed by atoms with van der Waals surface area (Å²) in [7, 11) is -3.87. The van der Waals surface area contributed by atoms with E-state index in [1.54, 1.807) is 0 Å². The molecule has 0 atom stereocenters. The van der Waals surface area contributed by atoms with Crippen molar-refractivity contribution in [2.45, 2.75) is 11.3 Å². The van der Waals surface area contributed by atoms with Gasteiger partial charge in [0.2, 0.25) is 11.8 Å². The zero-order valence-electron chi connectivity index (χ0n) is 15.0. The molecule has 29 heavy (non-hydrogen) atoms. The maximum atomic E-state index is 12.9. The second kappa shape index (κ2) is 8.27. The second-order valence-electron chi connectivity index (χ2n) is 6.14. The van der Waals surface area contributed by atoms with Crippen LogP contribution in [0.15, 0.2) is 53.4 Å². The summed E-state index contributed by atoms with van der Waals surface area (Å²) in [6.45, 7) is -0.109. The van der Waals surface area contributed by atoms with Gasteiger partial charge >= 0.3 is 6.03 Å². The Labute approximate surface area is 165 Å². The summed E-state index contributed by atoms with van der Waals surface area (Å²) in [6.07, 6.45) is -0.0713. The Morgan fingerprint density at radius 1 is 1.03 bits per heavy atom. The summed E-state index contributed by atoms with van der Waals surface area (Å²) < 4.78 is 39.8. The predicted octanol–water partition coefficient (Wildman–Crippen LogP) is 1.51. The fourth-order valence-electron chi connectivity index (χ4n) is 2.57. The second-order valence-corrected chi connectivity index (χ2v) is 7.82. The molecule has 0 unspecified atom stereocenters. The zero-order valence-corrected chi connectivity index (χ0v) is 15.8. The van der Waals surface area contributed by atoms with Gasteiger partial charge in [-0.25, -0.2) is 17.6 Å². The van der Waals surface area contributed by atoms with E-state index in [1.165, 1.54) is 24.3 Å². The molecule has 11 heteroatoms. The summed E-state index contributed by atoms with van der Waals surface area (Å²) in [4.78, 5) is 35.7. The Kier molecular flexibility index (Phi) is 5.78. The van der Waals surface area contributed by atoms with Gasteiger partial charge < -0.3 is 10.6 Å². The number of sulfonamides is 1. The molecule has 4 amide bonds. The molecule has 152 valence electrons. The lowest BCUT2D eigenvalue weighted by Crippen LogP contribution is -2.33. The summed E-state index contributed by atoms with van der Waals surface area (Å²) in [5.74, 6) is -1.34. The number of urea groups is 1. The molecule has 0 aromatic heterocycles. The SMILES string of the molecule is O=C(CCN1C(=O)CNC1=O)Nc1ccc(NS(=O)(=O)c2ccc(F)cc2)cc1. The molecule has 1 heterocycles. The first-order chi connectivity index (χ1) is 13.7. The first-order valence-corrected chi connectivity index (χ1v) is 9.99. The van der Waals surface area contributed by atoms with E-state index in [0.717, 1.165) is 29.2 Å². The number of amides is 4. The van der Waals surface area contributed by atoms with Gasteiger partial charge in [-0.3, -0.25) is 19.2 Å². The van der Waals surface area contributed by atoms with E-state index in [9.17, 15) is 27.2 Å². The Hall–Kier alpha value is -3.47. The highest BCUT2D eigenvalue weighted by molar-refractivity contribution is 7.92. The van der Waals surface area contributed by atoms with E-state index in [-0.39, 0.29) is 36.0 Å². The van der Waals surface area contributed by atoms with Crippen LogP contribution in [-0.4, -0.2) is 44.3 Å². The van der Waals surface area contributed by atoms with Gasteiger partial charge in [-0.05, 0) is 48.5 Å². The molecule has 2 aromatic carbocycles. The minimum atomic E-state index is -3.87. The Bertz CT molecular complexity index is 1020. The molecule has 1 aliphatic heterocycles. The Balaban J connectivity index is 1.55. The first kappa shape index (κ1) is 20.3. The molecule has 2 aromatic rings. The lowest BCUT2D eigenvalue weighted by atomic mass is 10.2. The van der Waals surface area contributed by atoms with Gasteiger partial charge in [-0.1, -0.05) is 0 Å². The van der Waals surface area contributed by atoms with Crippen molar-refractivity contribution in [3.05, 3.63) is 54.3 Å². The van der Waals surface area contributed by atoms with E-state index in [1.807, 2.05) is 0 Å². The summed E-state index contributed by atoms with van der Waals surface area (Å²) in [6, 6.07) is 9.76. The number of benzene rings is 2. The Morgan fingerprint density at radius 2 is 1.66 bits per heavy atom. The molecule has 0 aliphatic carbocycles. The van der Waals surface area contributed by atoms with Crippen molar-refractivity contribution in [2.24, 2.45) is 0 Å². The van der Waals surface area contributed by atoms with Gasteiger partial charge in [-0.15, -0.1) is 0 Å². The minimum absolute atomic E-state index is 0.0357. The van der Waals surface area contributed by atoms with E-state index < -0.39 is 27.8 Å². The summed E-state index contributed by atoms with van der Waals surface area (Å²) >= 11 is 0. The molecule has 3 rings (SSSR count). The highest BCUT2D eigenvalue weighted by atomic mass is 32.2. The molecule has 0 bridgehead atoms. The third-order valence-corrected chi connectivity index (χ3v) is 5.44. The number of imide groups is 1. The lowest BCUT2D eigenvalue weighted by Gasteiger charge is -2.12. The van der Waals surface area contributed by atoms with Gasteiger partial charge in [0.1, 0.15) is 5.82 Å². The molecule has 0 spiro atoms. The van der Waals surface area contributed by atoms with Crippen LogP contribution < -0.4 is 15.4 Å². The Morgan fingerprint density at radius 3 is 2.24 bits per heavy atom. The predicted molar refractivity (Wildman–Crippen MR) is 102 cm³/mol. The van der Waals surface area contributed by atoms with E-state index >= 15 is 0 Å². The number of nitrogens with zero attached hydrogens (tertiary/aromatic N) is 1. The van der Waals surface area contributed by atoms with Crippen LogP contribution in [0.25, 0.3) is 0 Å². The fraction of sp³-hybridized carbons (Fsp3) is 0.167. The maximum Gasteiger partial charge on any atom is 0.324 e. The molecule has 0 saturated carbocycles. The number of nitrogens with one attached hydrogen (secondary N) is 3. The minimum Gasteiger partial charge on any atom is -0.329 e. The molecule has 9 nitrogen and oxygen atoms in total. The van der Waals surface area contributed by atoms with Crippen LogP contribution in [0.1, 0.15) is 6.42 Å². The van der Waals surface area contributed by atoms with Crippen molar-refractivity contribution >= 4 is 39.2 Å². The van der Waals surface area contributed by atoms with E-state index in [2.05, 4.69) is 15.4 Å². The molecule has 1 saturated heterocycles. The van der Waals surface area contributed by atoms with Crippen LogP contribution in [0.5, 0.6) is 0 Å². The molecular formula is C18H17FN4O5S. The van der Waals surface area contributed by atoms with Crippen LogP contribution in [0.3, 0.4) is 0 Å². The molecular weight excluding hydrogens is 403 g/mol. The number of hydrogen-bond acceptors (Lipinski definition) is 5. The number of anilines is 2. The molecule has 1 aliphatic rings. The van der Waals surface area contributed by atoms with Crippen molar-refractivity contribution < 1.29 is 27.2 Å². The summed E-state index contributed by atoms with van der Waals surface area (Å²) in [5, 5.41) is 4.96. The molecule has 1 fully saturated rings. The van der Waals surface area contributed by atoms with Crippen LogP contribution in [-0.2, 0) is 19.6 Å². The van der Waals surface area contributed by atoms with Crippen LogP contribution >= 0.6 is 0 Å². The van der Waals surface area contributed by atoms with Crippen LogP contribution in [0.2, 0.25) is 0 Å². The number of carbonyl (C=O) groups is 3. The number of rotatable bonds is 7. The van der Waals surface area contributed by atoms with Gasteiger partial charge in [-0.2, -0.15) is 0 Å². The normalized spacial score (nSPS) is 13.9. The van der Waals surface area contributed by atoms with E-state index in [4.69, 9.17) is 0 Å². The topological polar surface area (TPSA) is 125 Å². The highest BCUT2D eigenvalue weighted by Crippen LogP contribution is 2.19. The quantitative estimate of drug-likeness (QED) is 0.586. The van der Waals surface area contributed by atoms with Gasteiger partial charge in [0, 0.05) is 24.3 Å².